The molecule has 0 saturated carbocycles. The first kappa shape index (κ1) is 7.94. The fraction of sp³-hybridized carbons (Fsp3) is 0.143. The molecule has 2 heterocycles. The molecule has 0 spiro atoms. The van der Waals surface area contributed by atoms with Gasteiger partial charge in [-0.3, -0.25) is 0 Å². The highest BCUT2D eigenvalue weighted by Gasteiger charge is 1.97. The molecular weight excluding hydrogens is 238 g/mol. The van der Waals surface area contributed by atoms with Crippen molar-refractivity contribution in [1.29, 1.82) is 0 Å². The highest BCUT2D eigenvalue weighted by Crippen LogP contribution is 2.20. The van der Waals surface area contributed by atoms with Crippen LogP contribution in [0.4, 0.5) is 0 Å². The lowest BCUT2D eigenvalue weighted by atomic mass is 10.3. The van der Waals surface area contributed by atoms with Crippen LogP contribution in [0.25, 0.3) is 0 Å². The Hall–Kier alpha value is -0.680. The molecular formula is C7H6BrN3S. The van der Waals surface area contributed by atoms with E-state index in [1.807, 2.05) is 0 Å². The van der Waals surface area contributed by atoms with Gasteiger partial charge < -0.3 is 0 Å². The molecule has 0 aliphatic rings. The smallest absolute Gasteiger partial charge is 0.137 e. The molecule has 0 atom stereocenters. The Labute approximate surface area is 82.2 Å². The predicted octanol–water partition coefficient (Wildman–Crippen LogP) is 2.15. The van der Waals surface area contributed by atoms with Gasteiger partial charge in [0.05, 0.1) is 10.3 Å². The number of hydrogen-bond donors (Lipinski definition) is 0. The first-order valence-electron chi connectivity index (χ1n) is 3.40. The molecule has 0 aliphatic heterocycles. The zero-order chi connectivity index (χ0) is 8.39. The van der Waals surface area contributed by atoms with Gasteiger partial charge in [0.25, 0.3) is 0 Å². The van der Waals surface area contributed by atoms with Gasteiger partial charge in [0.2, 0.25) is 0 Å². The lowest BCUT2D eigenvalue weighted by Crippen LogP contribution is -1.97. The maximum Gasteiger partial charge on any atom is 0.137 e. The molecule has 2 aromatic rings. The van der Waals surface area contributed by atoms with Crippen LogP contribution >= 0.6 is 27.3 Å². The summed E-state index contributed by atoms with van der Waals surface area (Å²) in [5, 5.41) is 6.12. The molecule has 0 N–H and O–H groups in total. The first-order chi connectivity index (χ1) is 5.84. The van der Waals surface area contributed by atoms with Gasteiger partial charge in [-0.05, 0) is 32.9 Å². The van der Waals surface area contributed by atoms with E-state index in [1.54, 1.807) is 28.7 Å². The van der Waals surface area contributed by atoms with E-state index in [1.165, 1.54) is 5.56 Å². The molecule has 5 heteroatoms. The summed E-state index contributed by atoms with van der Waals surface area (Å²) in [6, 6.07) is 2.09. The minimum absolute atomic E-state index is 0.794. The van der Waals surface area contributed by atoms with Crippen molar-refractivity contribution in [2.45, 2.75) is 6.54 Å². The third kappa shape index (κ3) is 1.73. The van der Waals surface area contributed by atoms with E-state index in [-0.39, 0.29) is 0 Å². The topological polar surface area (TPSA) is 30.7 Å². The number of thiophene rings is 1. The molecule has 2 aromatic heterocycles. The first-order valence-corrected chi connectivity index (χ1v) is 5.07. The van der Waals surface area contributed by atoms with E-state index < -0.39 is 0 Å². The zero-order valence-corrected chi connectivity index (χ0v) is 8.55. The van der Waals surface area contributed by atoms with Gasteiger partial charge in [0.15, 0.2) is 0 Å². The van der Waals surface area contributed by atoms with E-state index in [0.29, 0.717) is 0 Å². The Bertz CT molecular complexity index is 354. The van der Waals surface area contributed by atoms with Crippen molar-refractivity contribution in [1.82, 2.24) is 14.8 Å². The maximum absolute atomic E-state index is 4.02. The van der Waals surface area contributed by atoms with Gasteiger partial charge in [0.1, 0.15) is 12.7 Å². The summed E-state index contributed by atoms with van der Waals surface area (Å²) in [5.74, 6) is 0. The van der Waals surface area contributed by atoms with Gasteiger partial charge in [-0.15, -0.1) is 11.3 Å². The number of halogens is 1. The second-order valence-electron chi connectivity index (χ2n) is 2.35. The Morgan fingerprint density at radius 3 is 3.08 bits per heavy atom. The molecule has 0 aliphatic carbocycles. The minimum Gasteiger partial charge on any atom is -0.249 e. The summed E-state index contributed by atoms with van der Waals surface area (Å²) in [6.07, 6.45) is 3.26. The molecule has 0 bridgehead atoms. The standard InChI is InChI=1S/C7H6BrN3S/c8-7-1-6(3-12-7)2-11-5-9-4-10-11/h1,3-5H,2H2. The summed E-state index contributed by atoms with van der Waals surface area (Å²) in [6.45, 7) is 0.794. The second kappa shape index (κ2) is 3.37. The SMILES string of the molecule is Brc1cc(Cn2cncn2)cs1. The molecule has 0 saturated heterocycles. The lowest BCUT2D eigenvalue weighted by Gasteiger charge is -1.94. The van der Waals surface area contributed by atoms with Crippen molar-refractivity contribution < 1.29 is 0 Å². The molecule has 12 heavy (non-hydrogen) atoms. The molecule has 3 nitrogen and oxygen atoms in total. The quantitative estimate of drug-likeness (QED) is 0.810. The summed E-state index contributed by atoms with van der Waals surface area (Å²) >= 11 is 5.09. The molecule has 0 radical (unpaired) electrons. The van der Waals surface area contributed by atoms with Crippen LogP contribution in [0.15, 0.2) is 27.9 Å². The van der Waals surface area contributed by atoms with Crippen LogP contribution in [-0.4, -0.2) is 14.8 Å². The zero-order valence-electron chi connectivity index (χ0n) is 6.14. The third-order valence-corrected chi connectivity index (χ3v) is 2.99. The van der Waals surface area contributed by atoms with Gasteiger partial charge in [-0.25, -0.2) is 9.67 Å². The number of nitrogens with zero attached hydrogens (tertiary/aromatic N) is 3. The van der Waals surface area contributed by atoms with E-state index in [4.69, 9.17) is 0 Å². The van der Waals surface area contributed by atoms with Gasteiger partial charge >= 0.3 is 0 Å². The van der Waals surface area contributed by atoms with Crippen molar-refractivity contribution >= 4 is 27.3 Å². The Morgan fingerprint density at radius 2 is 2.50 bits per heavy atom. The van der Waals surface area contributed by atoms with Crippen molar-refractivity contribution in [3.8, 4) is 0 Å². The van der Waals surface area contributed by atoms with Crippen LogP contribution in [0.2, 0.25) is 0 Å². The third-order valence-electron chi connectivity index (χ3n) is 1.43. The number of rotatable bonds is 2. The second-order valence-corrected chi connectivity index (χ2v) is 4.64. The van der Waals surface area contributed by atoms with Crippen LogP contribution < -0.4 is 0 Å². The Morgan fingerprint density at radius 1 is 1.58 bits per heavy atom. The summed E-state index contributed by atoms with van der Waals surface area (Å²) < 4.78 is 2.95. The molecule has 2 rings (SSSR count). The molecule has 0 fully saturated rings. The van der Waals surface area contributed by atoms with E-state index in [2.05, 4.69) is 37.5 Å². The Balaban J connectivity index is 2.14. The molecule has 0 aromatic carbocycles. The fourth-order valence-electron chi connectivity index (χ4n) is 0.930. The van der Waals surface area contributed by atoms with Gasteiger partial charge in [-0.2, -0.15) is 5.10 Å². The van der Waals surface area contributed by atoms with Crippen molar-refractivity contribution in [2.24, 2.45) is 0 Å². The van der Waals surface area contributed by atoms with Crippen LogP contribution in [0.3, 0.4) is 0 Å². The van der Waals surface area contributed by atoms with E-state index >= 15 is 0 Å². The summed E-state index contributed by atoms with van der Waals surface area (Å²) in [5.41, 5.74) is 1.25. The summed E-state index contributed by atoms with van der Waals surface area (Å²) in [7, 11) is 0. The van der Waals surface area contributed by atoms with E-state index in [0.717, 1.165) is 10.3 Å². The Kier molecular flexibility index (Phi) is 2.23. The predicted molar refractivity (Wildman–Crippen MR) is 51.1 cm³/mol. The van der Waals surface area contributed by atoms with Crippen molar-refractivity contribution in [3.63, 3.8) is 0 Å². The molecule has 0 unspecified atom stereocenters. The molecule has 0 amide bonds. The maximum atomic E-state index is 4.02. The number of aromatic nitrogens is 3. The van der Waals surface area contributed by atoms with Crippen molar-refractivity contribution in [2.75, 3.05) is 0 Å². The van der Waals surface area contributed by atoms with Crippen LogP contribution in [0.1, 0.15) is 5.56 Å². The molecule has 62 valence electrons. The fourth-order valence-corrected chi connectivity index (χ4v) is 2.13. The normalized spacial score (nSPS) is 10.4. The lowest BCUT2D eigenvalue weighted by molar-refractivity contribution is 0.686. The van der Waals surface area contributed by atoms with Gasteiger partial charge in [0, 0.05) is 0 Å². The van der Waals surface area contributed by atoms with Crippen LogP contribution in [0, 0.1) is 0 Å². The van der Waals surface area contributed by atoms with E-state index in [9.17, 15) is 0 Å². The largest absolute Gasteiger partial charge is 0.249 e. The average Bonchev–Trinajstić information content (AvgIpc) is 2.63. The average molecular weight is 244 g/mol. The number of hydrogen-bond acceptors (Lipinski definition) is 3. The van der Waals surface area contributed by atoms with Crippen molar-refractivity contribution in [3.05, 3.63) is 33.5 Å². The highest BCUT2D eigenvalue weighted by atomic mass is 79.9. The summed E-state index contributed by atoms with van der Waals surface area (Å²) in [4.78, 5) is 3.87. The minimum atomic E-state index is 0.794. The van der Waals surface area contributed by atoms with Crippen LogP contribution in [-0.2, 0) is 6.54 Å². The van der Waals surface area contributed by atoms with Gasteiger partial charge in [-0.1, -0.05) is 0 Å². The monoisotopic (exact) mass is 243 g/mol. The van der Waals surface area contributed by atoms with Crippen LogP contribution in [0.5, 0.6) is 0 Å². The highest BCUT2D eigenvalue weighted by molar-refractivity contribution is 9.11.